The number of phenols is 2. The van der Waals surface area contributed by atoms with E-state index in [0.717, 1.165) is 0 Å². The van der Waals surface area contributed by atoms with Gasteiger partial charge in [-0.05, 0) is 37.1 Å². The summed E-state index contributed by atoms with van der Waals surface area (Å²) in [7, 11) is 0. The second-order valence-corrected chi connectivity index (χ2v) is 4.84. The van der Waals surface area contributed by atoms with E-state index in [1.54, 1.807) is 13.8 Å². The van der Waals surface area contributed by atoms with Crippen LogP contribution in [0.3, 0.4) is 0 Å². The fourth-order valence-electron chi connectivity index (χ4n) is 1.98. The van der Waals surface area contributed by atoms with Gasteiger partial charge in [-0.3, -0.25) is 4.79 Å². The lowest BCUT2D eigenvalue weighted by molar-refractivity contribution is -0.120. The standard InChI is InChI=1S/C16H14O7/c1-8-3-10(16(20)21)11(18)5-13(8)23-14-6-12(19)15(22-7-17)4-9(14)2/h3-7,18-19H,1-2H3,(H,20,21). The molecule has 2 aromatic rings. The molecule has 0 bridgehead atoms. The number of aromatic carboxylic acids is 1. The summed E-state index contributed by atoms with van der Waals surface area (Å²) in [5.74, 6) is -1.47. The molecule has 0 radical (unpaired) electrons. The third-order valence-electron chi connectivity index (χ3n) is 3.18. The second kappa shape index (κ2) is 6.27. The van der Waals surface area contributed by atoms with Crippen LogP contribution in [0, 0.1) is 13.8 Å². The number of hydrogen-bond donors (Lipinski definition) is 3. The number of carbonyl (C=O) groups excluding carboxylic acids is 1. The summed E-state index contributed by atoms with van der Waals surface area (Å²) in [6.07, 6.45) is 0. The van der Waals surface area contributed by atoms with Gasteiger partial charge in [-0.15, -0.1) is 0 Å². The van der Waals surface area contributed by atoms with Gasteiger partial charge in [-0.1, -0.05) is 0 Å². The number of ether oxygens (including phenoxy) is 2. The van der Waals surface area contributed by atoms with Crippen molar-refractivity contribution >= 4 is 12.4 Å². The van der Waals surface area contributed by atoms with E-state index in [1.807, 2.05) is 0 Å². The predicted molar refractivity (Wildman–Crippen MR) is 79.4 cm³/mol. The average Bonchev–Trinajstić information content (AvgIpc) is 2.47. The molecule has 7 nitrogen and oxygen atoms in total. The summed E-state index contributed by atoms with van der Waals surface area (Å²) in [5, 5.41) is 28.5. The Morgan fingerprint density at radius 2 is 1.52 bits per heavy atom. The van der Waals surface area contributed by atoms with Crippen LogP contribution in [-0.4, -0.2) is 27.8 Å². The number of aromatic hydroxyl groups is 2. The van der Waals surface area contributed by atoms with E-state index in [1.165, 1.54) is 24.3 Å². The van der Waals surface area contributed by atoms with E-state index in [2.05, 4.69) is 4.74 Å². The van der Waals surface area contributed by atoms with Crippen molar-refractivity contribution < 1.29 is 34.4 Å². The highest BCUT2D eigenvalue weighted by molar-refractivity contribution is 5.91. The third-order valence-corrected chi connectivity index (χ3v) is 3.18. The molecule has 7 heteroatoms. The third kappa shape index (κ3) is 3.34. The number of aryl methyl sites for hydroxylation is 2. The minimum absolute atomic E-state index is 0.00866. The zero-order chi connectivity index (χ0) is 17.1. The van der Waals surface area contributed by atoms with Gasteiger partial charge in [-0.25, -0.2) is 4.79 Å². The molecule has 0 spiro atoms. The van der Waals surface area contributed by atoms with E-state index >= 15 is 0 Å². The zero-order valence-corrected chi connectivity index (χ0v) is 12.4. The highest BCUT2D eigenvalue weighted by Crippen LogP contribution is 2.37. The van der Waals surface area contributed by atoms with Gasteiger partial charge in [0.1, 0.15) is 22.8 Å². The van der Waals surface area contributed by atoms with E-state index in [-0.39, 0.29) is 35.0 Å². The first-order chi connectivity index (χ1) is 10.8. The fourth-order valence-corrected chi connectivity index (χ4v) is 1.98. The topological polar surface area (TPSA) is 113 Å². The summed E-state index contributed by atoms with van der Waals surface area (Å²) in [6.45, 7) is 3.50. The van der Waals surface area contributed by atoms with Gasteiger partial charge >= 0.3 is 5.97 Å². The first-order valence-corrected chi connectivity index (χ1v) is 6.52. The van der Waals surface area contributed by atoms with Gasteiger partial charge in [0, 0.05) is 12.1 Å². The van der Waals surface area contributed by atoms with Gasteiger partial charge in [0.15, 0.2) is 11.5 Å². The molecule has 23 heavy (non-hydrogen) atoms. The largest absolute Gasteiger partial charge is 0.507 e. The fraction of sp³-hybridized carbons (Fsp3) is 0.125. The first kappa shape index (κ1) is 16.2. The number of rotatable bonds is 5. The van der Waals surface area contributed by atoms with E-state index in [4.69, 9.17) is 9.84 Å². The van der Waals surface area contributed by atoms with Crippen molar-refractivity contribution in [2.24, 2.45) is 0 Å². The predicted octanol–water partition coefficient (Wildman–Crippen LogP) is 2.74. The van der Waals surface area contributed by atoms with Crippen LogP contribution in [0.5, 0.6) is 28.7 Å². The van der Waals surface area contributed by atoms with Crippen LogP contribution in [-0.2, 0) is 4.79 Å². The number of carboxylic acids is 1. The normalized spacial score (nSPS) is 10.2. The van der Waals surface area contributed by atoms with Gasteiger partial charge in [0.05, 0.1) is 0 Å². The molecule has 0 aliphatic rings. The number of carbonyl (C=O) groups is 2. The van der Waals surface area contributed by atoms with Crippen molar-refractivity contribution in [3.05, 3.63) is 41.0 Å². The van der Waals surface area contributed by atoms with Crippen molar-refractivity contribution in [2.45, 2.75) is 13.8 Å². The van der Waals surface area contributed by atoms with Crippen LogP contribution in [0.1, 0.15) is 21.5 Å². The lowest BCUT2D eigenvalue weighted by atomic mass is 10.1. The molecule has 0 heterocycles. The summed E-state index contributed by atoms with van der Waals surface area (Å²) < 4.78 is 10.2. The molecule has 0 fully saturated rings. The molecule has 0 saturated carbocycles. The SMILES string of the molecule is Cc1cc(OC=O)c(O)cc1Oc1cc(O)c(C(=O)O)cc1C. The van der Waals surface area contributed by atoms with Crippen molar-refractivity contribution in [1.29, 1.82) is 0 Å². The number of carboxylic acid groups (broad SMARTS) is 1. The summed E-state index contributed by atoms with van der Waals surface area (Å²) >= 11 is 0. The minimum Gasteiger partial charge on any atom is -0.507 e. The molecule has 0 saturated heterocycles. The molecule has 2 rings (SSSR count). The average molecular weight is 318 g/mol. The minimum atomic E-state index is -1.25. The van der Waals surface area contributed by atoms with Crippen molar-refractivity contribution in [2.75, 3.05) is 0 Å². The molecule has 0 amide bonds. The van der Waals surface area contributed by atoms with Crippen LogP contribution in [0.2, 0.25) is 0 Å². The maximum absolute atomic E-state index is 11.0. The lowest BCUT2D eigenvalue weighted by Gasteiger charge is -2.14. The smallest absolute Gasteiger partial charge is 0.339 e. The van der Waals surface area contributed by atoms with Crippen LogP contribution < -0.4 is 9.47 Å². The van der Waals surface area contributed by atoms with Crippen LogP contribution in [0.25, 0.3) is 0 Å². The summed E-state index contributed by atoms with van der Waals surface area (Å²) in [6, 6.07) is 5.15. The van der Waals surface area contributed by atoms with Gasteiger partial charge in [0.25, 0.3) is 6.47 Å². The Labute approximate surface area is 131 Å². The number of hydrogen-bond acceptors (Lipinski definition) is 6. The quantitative estimate of drug-likeness (QED) is 0.726. The molecule has 0 aromatic heterocycles. The zero-order valence-electron chi connectivity index (χ0n) is 12.4. The summed E-state index contributed by atoms with van der Waals surface area (Å²) in [4.78, 5) is 21.3. The van der Waals surface area contributed by atoms with E-state index in [0.29, 0.717) is 11.1 Å². The Bertz CT molecular complexity index is 780. The lowest BCUT2D eigenvalue weighted by Crippen LogP contribution is -1.99. The molecular weight excluding hydrogens is 304 g/mol. The Morgan fingerprint density at radius 3 is 2.09 bits per heavy atom. The number of benzene rings is 2. The molecule has 120 valence electrons. The van der Waals surface area contributed by atoms with Crippen molar-refractivity contribution in [1.82, 2.24) is 0 Å². The molecule has 0 atom stereocenters. The van der Waals surface area contributed by atoms with Gasteiger partial charge < -0.3 is 24.8 Å². The summed E-state index contributed by atoms with van der Waals surface area (Å²) in [5.41, 5.74) is 0.831. The Balaban J connectivity index is 2.40. The molecular formula is C16H14O7. The highest BCUT2D eigenvalue weighted by Gasteiger charge is 2.15. The first-order valence-electron chi connectivity index (χ1n) is 6.52. The Kier molecular flexibility index (Phi) is 4.40. The molecule has 0 aliphatic heterocycles. The molecule has 2 aromatic carbocycles. The monoisotopic (exact) mass is 318 g/mol. The Hall–Kier alpha value is -3.22. The highest BCUT2D eigenvalue weighted by atomic mass is 16.5. The molecule has 0 aliphatic carbocycles. The van der Waals surface area contributed by atoms with Crippen LogP contribution in [0.4, 0.5) is 0 Å². The van der Waals surface area contributed by atoms with E-state index < -0.39 is 11.7 Å². The maximum atomic E-state index is 11.0. The second-order valence-electron chi connectivity index (χ2n) is 4.84. The Morgan fingerprint density at radius 1 is 0.957 bits per heavy atom. The number of phenolic OH excluding ortho intramolecular Hbond substituents is 1. The maximum Gasteiger partial charge on any atom is 0.339 e. The van der Waals surface area contributed by atoms with Gasteiger partial charge in [0.2, 0.25) is 0 Å². The molecule has 0 unspecified atom stereocenters. The molecule has 3 N–H and O–H groups in total. The van der Waals surface area contributed by atoms with Crippen molar-refractivity contribution in [3.63, 3.8) is 0 Å². The van der Waals surface area contributed by atoms with Crippen molar-refractivity contribution in [3.8, 4) is 28.7 Å². The van der Waals surface area contributed by atoms with Crippen LogP contribution in [0.15, 0.2) is 24.3 Å². The van der Waals surface area contributed by atoms with Gasteiger partial charge in [-0.2, -0.15) is 0 Å². The van der Waals surface area contributed by atoms with Crippen LogP contribution >= 0.6 is 0 Å². The van der Waals surface area contributed by atoms with E-state index in [9.17, 15) is 19.8 Å².